The third-order valence-corrected chi connectivity index (χ3v) is 6.07. The molecule has 158 valence electrons. The van der Waals surface area contributed by atoms with Crippen molar-refractivity contribution in [2.75, 3.05) is 12.3 Å². The fourth-order valence-electron chi connectivity index (χ4n) is 3.95. The average Bonchev–Trinajstić information content (AvgIpc) is 3.44. The quantitative estimate of drug-likeness (QED) is 0.490. The molecule has 0 bridgehead atoms. The molecule has 1 aromatic carbocycles. The van der Waals surface area contributed by atoms with E-state index in [2.05, 4.69) is 44.5 Å². The average molecular weight is 417 g/mol. The summed E-state index contributed by atoms with van der Waals surface area (Å²) in [7, 11) is 0. The van der Waals surface area contributed by atoms with E-state index in [0.29, 0.717) is 11.7 Å². The van der Waals surface area contributed by atoms with Gasteiger partial charge in [0.05, 0.1) is 29.8 Å². The minimum Gasteiger partial charge on any atom is -0.394 e. The maximum absolute atomic E-state index is 9.32. The van der Waals surface area contributed by atoms with Gasteiger partial charge in [-0.25, -0.2) is 9.97 Å². The fraction of sp³-hybridized carbons (Fsp3) is 0.318. The SMILES string of the molecule is CC(CO)n1cc(-c2nc(C3(c4ccc(-c5cnc(N)nc5)cc4)CCC3)no2)cn1. The molecule has 9 heteroatoms. The number of anilines is 1. The van der Waals surface area contributed by atoms with Crippen molar-refractivity contribution in [2.45, 2.75) is 37.6 Å². The van der Waals surface area contributed by atoms with Gasteiger partial charge in [0.15, 0.2) is 5.82 Å². The van der Waals surface area contributed by atoms with Crippen LogP contribution < -0.4 is 5.73 Å². The van der Waals surface area contributed by atoms with Crippen LogP contribution in [0.15, 0.2) is 53.6 Å². The summed E-state index contributed by atoms with van der Waals surface area (Å²) in [4.78, 5) is 12.8. The number of rotatable bonds is 6. The van der Waals surface area contributed by atoms with E-state index in [1.165, 1.54) is 0 Å². The number of nitrogens with zero attached hydrogens (tertiary/aromatic N) is 6. The summed E-state index contributed by atoms with van der Waals surface area (Å²) in [6, 6.07) is 8.24. The van der Waals surface area contributed by atoms with Crippen LogP contribution in [-0.4, -0.2) is 41.6 Å². The standard InChI is InChI=1S/C22H23N7O2/c1-14(13-30)29-12-17(11-26-29)19-27-20(28-31-19)22(7-2-8-22)18-5-3-15(4-6-18)16-9-24-21(23)25-10-16/h3-6,9-12,14,30H,2,7-8,13H2,1H3,(H2,23,24,25). The lowest BCUT2D eigenvalue weighted by molar-refractivity contribution is 0.230. The van der Waals surface area contributed by atoms with Crippen molar-refractivity contribution >= 4 is 5.95 Å². The van der Waals surface area contributed by atoms with Gasteiger partial charge in [-0.05, 0) is 30.9 Å². The highest BCUT2D eigenvalue weighted by Crippen LogP contribution is 2.48. The lowest BCUT2D eigenvalue weighted by Gasteiger charge is -2.39. The van der Waals surface area contributed by atoms with E-state index in [-0.39, 0.29) is 24.0 Å². The van der Waals surface area contributed by atoms with E-state index in [1.54, 1.807) is 23.3 Å². The van der Waals surface area contributed by atoms with Crippen LogP contribution in [0.25, 0.3) is 22.6 Å². The van der Waals surface area contributed by atoms with Crippen LogP contribution in [0.1, 0.15) is 43.6 Å². The number of nitrogen functional groups attached to an aromatic ring is 1. The van der Waals surface area contributed by atoms with Crippen LogP contribution in [0.2, 0.25) is 0 Å². The smallest absolute Gasteiger partial charge is 0.261 e. The molecule has 1 fully saturated rings. The van der Waals surface area contributed by atoms with Gasteiger partial charge in [-0.2, -0.15) is 10.1 Å². The lowest BCUT2D eigenvalue weighted by atomic mass is 9.64. The largest absolute Gasteiger partial charge is 0.394 e. The maximum Gasteiger partial charge on any atom is 0.261 e. The molecule has 3 heterocycles. The summed E-state index contributed by atoms with van der Waals surface area (Å²) >= 11 is 0. The van der Waals surface area contributed by atoms with E-state index in [0.717, 1.165) is 41.5 Å². The molecule has 0 aliphatic heterocycles. The first-order chi connectivity index (χ1) is 15.1. The molecule has 1 unspecified atom stereocenters. The van der Waals surface area contributed by atoms with E-state index in [9.17, 15) is 5.11 Å². The van der Waals surface area contributed by atoms with Crippen molar-refractivity contribution in [1.82, 2.24) is 29.9 Å². The molecule has 5 rings (SSSR count). The highest BCUT2D eigenvalue weighted by Gasteiger charge is 2.44. The second-order valence-corrected chi connectivity index (χ2v) is 8.01. The molecular weight excluding hydrogens is 394 g/mol. The number of aliphatic hydroxyl groups is 1. The minimum atomic E-state index is -0.244. The molecular formula is C22H23N7O2. The van der Waals surface area contributed by atoms with Gasteiger partial charge < -0.3 is 15.4 Å². The van der Waals surface area contributed by atoms with Gasteiger partial charge in [0.1, 0.15) is 0 Å². The summed E-state index contributed by atoms with van der Waals surface area (Å²) in [6.07, 6.45) is 9.99. The first-order valence-electron chi connectivity index (χ1n) is 10.3. The van der Waals surface area contributed by atoms with Crippen LogP contribution >= 0.6 is 0 Å². The van der Waals surface area contributed by atoms with Crippen molar-refractivity contribution in [3.05, 3.63) is 60.4 Å². The van der Waals surface area contributed by atoms with E-state index < -0.39 is 0 Å². The lowest BCUT2D eigenvalue weighted by Crippen LogP contribution is -2.36. The Labute approximate surface area is 179 Å². The van der Waals surface area contributed by atoms with E-state index in [1.807, 2.05) is 13.1 Å². The van der Waals surface area contributed by atoms with Gasteiger partial charge in [0, 0.05) is 24.2 Å². The summed E-state index contributed by atoms with van der Waals surface area (Å²) in [5, 5.41) is 17.9. The molecule has 0 spiro atoms. The zero-order valence-electron chi connectivity index (χ0n) is 17.1. The van der Waals surface area contributed by atoms with Crippen molar-refractivity contribution < 1.29 is 9.63 Å². The molecule has 31 heavy (non-hydrogen) atoms. The van der Waals surface area contributed by atoms with Crippen LogP contribution in [0.5, 0.6) is 0 Å². The monoisotopic (exact) mass is 417 g/mol. The van der Waals surface area contributed by atoms with Crippen LogP contribution in [0.3, 0.4) is 0 Å². The normalized spacial score (nSPS) is 16.1. The molecule has 1 aliphatic carbocycles. The summed E-state index contributed by atoms with van der Waals surface area (Å²) in [6.45, 7) is 1.90. The van der Waals surface area contributed by atoms with E-state index in [4.69, 9.17) is 15.2 Å². The number of benzene rings is 1. The Morgan fingerprint density at radius 1 is 1.10 bits per heavy atom. The molecule has 0 amide bonds. The minimum absolute atomic E-state index is 0.0117. The second kappa shape index (κ2) is 7.59. The maximum atomic E-state index is 9.32. The third kappa shape index (κ3) is 3.36. The molecule has 4 aromatic rings. The number of aliphatic hydroxyl groups excluding tert-OH is 1. The topological polar surface area (TPSA) is 129 Å². The van der Waals surface area contributed by atoms with Gasteiger partial charge in [-0.15, -0.1) is 0 Å². The summed E-state index contributed by atoms with van der Waals surface area (Å²) < 4.78 is 7.27. The number of hydrogen-bond acceptors (Lipinski definition) is 8. The Hall–Kier alpha value is -3.59. The predicted molar refractivity (Wildman–Crippen MR) is 114 cm³/mol. The molecule has 1 atom stereocenters. The van der Waals surface area contributed by atoms with Crippen molar-refractivity contribution in [3.63, 3.8) is 0 Å². The van der Waals surface area contributed by atoms with Crippen LogP contribution in [-0.2, 0) is 5.41 Å². The number of nitrogens with two attached hydrogens (primary N) is 1. The third-order valence-electron chi connectivity index (χ3n) is 6.07. The fourth-order valence-corrected chi connectivity index (χ4v) is 3.95. The van der Waals surface area contributed by atoms with Crippen LogP contribution in [0, 0.1) is 0 Å². The van der Waals surface area contributed by atoms with E-state index >= 15 is 0 Å². The zero-order valence-corrected chi connectivity index (χ0v) is 17.1. The van der Waals surface area contributed by atoms with Gasteiger partial charge in [-0.3, -0.25) is 4.68 Å². The second-order valence-electron chi connectivity index (χ2n) is 8.01. The van der Waals surface area contributed by atoms with Gasteiger partial charge in [-0.1, -0.05) is 35.8 Å². The van der Waals surface area contributed by atoms with Crippen molar-refractivity contribution in [2.24, 2.45) is 0 Å². The highest BCUT2D eigenvalue weighted by molar-refractivity contribution is 5.63. The predicted octanol–water partition coefficient (Wildman–Crippen LogP) is 3.00. The summed E-state index contributed by atoms with van der Waals surface area (Å²) in [5.41, 5.74) is 9.19. The van der Waals surface area contributed by atoms with Crippen molar-refractivity contribution in [3.8, 4) is 22.6 Å². The Morgan fingerprint density at radius 3 is 2.48 bits per heavy atom. The van der Waals surface area contributed by atoms with Crippen molar-refractivity contribution in [1.29, 1.82) is 0 Å². The first kappa shape index (κ1) is 19.4. The molecule has 1 saturated carbocycles. The Bertz CT molecular complexity index is 1180. The number of aromatic nitrogens is 6. The van der Waals surface area contributed by atoms with Gasteiger partial charge in [0.25, 0.3) is 5.89 Å². The molecule has 3 aromatic heterocycles. The number of hydrogen-bond donors (Lipinski definition) is 2. The first-order valence-corrected chi connectivity index (χ1v) is 10.3. The zero-order chi connectivity index (χ0) is 21.4. The van der Waals surface area contributed by atoms with Gasteiger partial charge in [0.2, 0.25) is 5.95 Å². The molecule has 0 radical (unpaired) electrons. The summed E-state index contributed by atoms with van der Waals surface area (Å²) in [5.74, 6) is 1.40. The molecule has 3 N–H and O–H groups in total. The van der Waals surface area contributed by atoms with Gasteiger partial charge >= 0.3 is 0 Å². The molecule has 1 aliphatic rings. The highest BCUT2D eigenvalue weighted by atomic mass is 16.5. The molecule has 0 saturated heterocycles. The Balaban J connectivity index is 1.42. The Kier molecular flexibility index (Phi) is 4.74. The molecule has 9 nitrogen and oxygen atoms in total. The van der Waals surface area contributed by atoms with Crippen LogP contribution in [0.4, 0.5) is 5.95 Å². The Morgan fingerprint density at radius 2 is 1.84 bits per heavy atom.